The van der Waals surface area contributed by atoms with Crippen LogP contribution in [0.15, 0.2) is 17.5 Å². The number of amides is 2. The monoisotopic (exact) mass is 268 g/mol. The quantitative estimate of drug-likeness (QED) is 0.709. The van der Waals surface area contributed by atoms with Gasteiger partial charge in [-0.2, -0.15) is 0 Å². The Kier molecular flexibility index (Phi) is 5.47. The third-order valence-electron chi connectivity index (χ3n) is 1.96. The van der Waals surface area contributed by atoms with E-state index < -0.39 is 5.91 Å². The van der Waals surface area contributed by atoms with Gasteiger partial charge in [0.2, 0.25) is 5.91 Å². The van der Waals surface area contributed by atoms with Gasteiger partial charge in [-0.25, -0.2) is 4.98 Å². The molecule has 1 aromatic rings. The first-order valence-electron chi connectivity index (χ1n) is 5.32. The van der Waals surface area contributed by atoms with E-state index >= 15 is 0 Å². The maximum Gasteiger partial charge on any atom is 0.268 e. The number of carbonyl (C=O) groups excluding carboxylic acids is 2. The maximum absolute atomic E-state index is 11.4. The molecule has 1 aromatic heterocycles. The summed E-state index contributed by atoms with van der Waals surface area (Å²) in [6.07, 6.45) is 3.24. The highest BCUT2D eigenvalue weighted by molar-refractivity contribution is 7.09. The first-order chi connectivity index (χ1) is 8.49. The summed E-state index contributed by atoms with van der Waals surface area (Å²) < 4.78 is 0. The van der Waals surface area contributed by atoms with Crippen molar-refractivity contribution in [2.24, 2.45) is 5.73 Å². The predicted molar refractivity (Wildman–Crippen MR) is 70.2 cm³/mol. The smallest absolute Gasteiger partial charge is 0.268 e. The second kappa shape index (κ2) is 6.87. The topological polar surface area (TPSA) is 88.3 Å². The number of nitrogens with one attached hydrogen (secondary N) is 1. The maximum atomic E-state index is 11.4. The number of likely N-dealkylation sites (N-methyl/N-ethyl adjacent to an activating group) is 1. The van der Waals surface area contributed by atoms with E-state index in [2.05, 4.69) is 10.3 Å². The molecule has 0 unspecified atom stereocenters. The molecule has 0 aliphatic rings. The molecular formula is C11H16N4O2S. The first kappa shape index (κ1) is 14.3. The zero-order valence-corrected chi connectivity index (χ0v) is 11.2. The van der Waals surface area contributed by atoms with E-state index in [1.165, 1.54) is 17.4 Å². The summed E-state index contributed by atoms with van der Waals surface area (Å²) >= 11 is 1.29. The van der Waals surface area contributed by atoms with Gasteiger partial charge in [0.25, 0.3) is 5.91 Å². The predicted octanol–water partition coefficient (Wildman–Crippen LogP) is -0.0240. The molecule has 0 fully saturated rings. The lowest BCUT2D eigenvalue weighted by Crippen LogP contribution is -2.21. The van der Waals surface area contributed by atoms with Gasteiger partial charge in [0, 0.05) is 18.0 Å². The highest BCUT2D eigenvalue weighted by atomic mass is 32.1. The Morgan fingerprint density at radius 2 is 2.28 bits per heavy atom. The van der Waals surface area contributed by atoms with Gasteiger partial charge in [0.1, 0.15) is 10.7 Å². The molecule has 2 amide bonds. The fourth-order valence-electron chi connectivity index (χ4n) is 1.10. The number of nitrogens with two attached hydrogens (primary N) is 1. The van der Waals surface area contributed by atoms with Crippen molar-refractivity contribution >= 4 is 23.2 Å². The molecule has 0 spiro atoms. The molecule has 7 heteroatoms. The van der Waals surface area contributed by atoms with Crippen LogP contribution in [0.25, 0.3) is 0 Å². The number of hydrogen-bond acceptors (Lipinski definition) is 5. The number of aromatic nitrogens is 1. The molecule has 3 N–H and O–H groups in total. The summed E-state index contributed by atoms with van der Waals surface area (Å²) in [5, 5.41) is 4.90. The van der Waals surface area contributed by atoms with Crippen LogP contribution in [0.1, 0.15) is 15.5 Å². The molecular weight excluding hydrogens is 252 g/mol. The number of thiazole rings is 1. The van der Waals surface area contributed by atoms with Gasteiger partial charge in [-0.05, 0) is 14.1 Å². The molecule has 0 atom stereocenters. The van der Waals surface area contributed by atoms with Crippen LogP contribution in [-0.4, -0.2) is 42.3 Å². The minimum Gasteiger partial charge on any atom is -0.364 e. The molecule has 0 aliphatic heterocycles. The van der Waals surface area contributed by atoms with Gasteiger partial charge in [-0.15, -0.1) is 11.3 Å². The number of primary amides is 1. The average molecular weight is 268 g/mol. The minimum absolute atomic E-state index is 0.187. The summed E-state index contributed by atoms with van der Waals surface area (Å²) in [5.41, 5.74) is 5.31. The van der Waals surface area contributed by atoms with Gasteiger partial charge in [-0.1, -0.05) is 6.08 Å². The number of nitrogens with zero attached hydrogens (tertiary/aromatic N) is 2. The second-order valence-corrected chi connectivity index (χ2v) is 4.82. The van der Waals surface area contributed by atoms with E-state index in [1.807, 2.05) is 19.0 Å². The van der Waals surface area contributed by atoms with Crippen molar-refractivity contribution in [3.05, 3.63) is 28.2 Å². The Morgan fingerprint density at radius 3 is 2.83 bits per heavy atom. The molecule has 0 aliphatic carbocycles. The van der Waals surface area contributed by atoms with Gasteiger partial charge in [-0.3, -0.25) is 9.59 Å². The molecule has 0 saturated carbocycles. The largest absolute Gasteiger partial charge is 0.364 e. The standard InChI is InChI=1S/C11H16N4O2S/c1-15(2)5-3-4-9(16)13-6-10-14-8(7-18-10)11(12)17/h3-4,7H,5-6H2,1-2H3,(H2,12,17)(H,13,16)/b4-3+. The third kappa shape index (κ3) is 5.07. The summed E-state index contributed by atoms with van der Waals surface area (Å²) in [5.74, 6) is -0.748. The molecule has 0 saturated heterocycles. The lowest BCUT2D eigenvalue weighted by molar-refractivity contribution is -0.116. The van der Waals surface area contributed by atoms with Crippen molar-refractivity contribution < 1.29 is 9.59 Å². The second-order valence-electron chi connectivity index (χ2n) is 3.87. The van der Waals surface area contributed by atoms with Crippen molar-refractivity contribution in [3.63, 3.8) is 0 Å². The Labute approximate surface area is 109 Å². The van der Waals surface area contributed by atoms with E-state index in [0.717, 1.165) is 0 Å². The van der Waals surface area contributed by atoms with E-state index in [1.54, 1.807) is 11.5 Å². The highest BCUT2D eigenvalue weighted by Gasteiger charge is 2.06. The Morgan fingerprint density at radius 1 is 1.56 bits per heavy atom. The van der Waals surface area contributed by atoms with Crippen molar-refractivity contribution in [1.29, 1.82) is 0 Å². The average Bonchev–Trinajstić information content (AvgIpc) is 2.74. The van der Waals surface area contributed by atoms with Crippen LogP contribution in [0, 0.1) is 0 Å². The van der Waals surface area contributed by atoms with Crippen LogP contribution in [-0.2, 0) is 11.3 Å². The fraction of sp³-hybridized carbons (Fsp3) is 0.364. The van der Waals surface area contributed by atoms with Gasteiger partial charge >= 0.3 is 0 Å². The van der Waals surface area contributed by atoms with E-state index in [9.17, 15) is 9.59 Å². The molecule has 6 nitrogen and oxygen atoms in total. The van der Waals surface area contributed by atoms with Crippen LogP contribution in [0.5, 0.6) is 0 Å². The van der Waals surface area contributed by atoms with E-state index in [4.69, 9.17) is 5.73 Å². The molecule has 98 valence electrons. The van der Waals surface area contributed by atoms with Crippen LogP contribution in [0.4, 0.5) is 0 Å². The fourth-order valence-corrected chi connectivity index (χ4v) is 1.82. The Bertz CT molecular complexity index is 454. The van der Waals surface area contributed by atoms with E-state index in [0.29, 0.717) is 18.1 Å². The van der Waals surface area contributed by atoms with Gasteiger partial charge < -0.3 is 16.0 Å². The van der Waals surface area contributed by atoms with E-state index in [-0.39, 0.29) is 11.6 Å². The lowest BCUT2D eigenvalue weighted by Gasteiger charge is -2.03. The molecule has 0 aromatic carbocycles. The van der Waals surface area contributed by atoms with Crippen molar-refractivity contribution in [1.82, 2.24) is 15.2 Å². The number of rotatable bonds is 6. The van der Waals surface area contributed by atoms with Crippen LogP contribution < -0.4 is 11.1 Å². The molecule has 0 radical (unpaired) electrons. The Balaban J connectivity index is 2.37. The van der Waals surface area contributed by atoms with Crippen molar-refractivity contribution in [2.75, 3.05) is 20.6 Å². The SMILES string of the molecule is CN(C)C/C=C/C(=O)NCc1nc(C(N)=O)cs1. The van der Waals surface area contributed by atoms with Crippen LogP contribution >= 0.6 is 11.3 Å². The number of carbonyl (C=O) groups is 2. The first-order valence-corrected chi connectivity index (χ1v) is 6.20. The minimum atomic E-state index is -0.560. The van der Waals surface area contributed by atoms with Crippen LogP contribution in [0.2, 0.25) is 0 Å². The lowest BCUT2D eigenvalue weighted by atomic mass is 10.4. The summed E-state index contributed by atoms with van der Waals surface area (Å²) in [4.78, 5) is 28.2. The zero-order chi connectivity index (χ0) is 13.5. The van der Waals surface area contributed by atoms with Gasteiger partial charge in [0.05, 0.1) is 6.54 Å². The van der Waals surface area contributed by atoms with Crippen molar-refractivity contribution in [2.45, 2.75) is 6.54 Å². The normalized spacial score (nSPS) is 11.1. The molecule has 1 heterocycles. The highest BCUT2D eigenvalue weighted by Crippen LogP contribution is 2.08. The van der Waals surface area contributed by atoms with Gasteiger partial charge in [0.15, 0.2) is 0 Å². The summed E-state index contributed by atoms with van der Waals surface area (Å²) in [6.45, 7) is 1.000. The number of hydrogen-bond donors (Lipinski definition) is 2. The molecule has 1 rings (SSSR count). The zero-order valence-electron chi connectivity index (χ0n) is 10.3. The van der Waals surface area contributed by atoms with Crippen LogP contribution in [0.3, 0.4) is 0 Å². The molecule has 18 heavy (non-hydrogen) atoms. The third-order valence-corrected chi connectivity index (χ3v) is 2.81. The summed E-state index contributed by atoms with van der Waals surface area (Å²) in [6, 6.07) is 0. The summed E-state index contributed by atoms with van der Waals surface area (Å²) in [7, 11) is 3.84. The Hall–Kier alpha value is -1.73. The van der Waals surface area contributed by atoms with Crippen molar-refractivity contribution in [3.8, 4) is 0 Å². The molecule has 0 bridgehead atoms.